The lowest BCUT2D eigenvalue weighted by atomic mass is 9.85. The van der Waals surface area contributed by atoms with Crippen LogP contribution >= 0.6 is 0 Å². The Bertz CT molecular complexity index is 1630. The van der Waals surface area contributed by atoms with Gasteiger partial charge in [-0.25, -0.2) is 18.7 Å². The van der Waals surface area contributed by atoms with E-state index in [0.717, 1.165) is 55.3 Å². The number of anilines is 1. The molecule has 3 atom stereocenters. The monoisotopic (exact) mass is 664 g/mol. The average Bonchev–Trinajstić information content (AvgIpc) is 3.07. The Morgan fingerprint density at radius 2 is 1.69 bits per heavy atom. The minimum Gasteiger partial charge on any atom is -0.379 e. The van der Waals surface area contributed by atoms with Gasteiger partial charge in [-0.1, -0.05) is 18.2 Å². The summed E-state index contributed by atoms with van der Waals surface area (Å²) >= 11 is 0. The van der Waals surface area contributed by atoms with Crippen molar-refractivity contribution in [2.45, 2.75) is 116 Å². The summed E-state index contributed by atoms with van der Waals surface area (Å²) < 4.78 is 40.1. The van der Waals surface area contributed by atoms with Gasteiger partial charge in [0.25, 0.3) is 11.5 Å². The lowest BCUT2D eigenvalue weighted by Gasteiger charge is -2.39. The molecule has 7 rings (SSSR count). The van der Waals surface area contributed by atoms with Crippen molar-refractivity contribution in [3.63, 3.8) is 0 Å². The Kier molecular flexibility index (Phi) is 10.5. The Morgan fingerprint density at radius 3 is 2.40 bits per heavy atom. The molecule has 2 fully saturated rings. The maximum Gasteiger partial charge on any atom is 0.276 e. The van der Waals surface area contributed by atoms with E-state index in [1.54, 1.807) is 18.2 Å². The predicted molar refractivity (Wildman–Crippen MR) is 188 cm³/mol. The van der Waals surface area contributed by atoms with Gasteiger partial charge in [-0.15, -0.1) is 0 Å². The Balaban J connectivity index is 1.42. The van der Waals surface area contributed by atoms with Crippen LogP contribution in [0, 0.1) is 12.8 Å². The minimum absolute atomic E-state index is 0.00997. The van der Waals surface area contributed by atoms with Crippen LogP contribution in [-0.2, 0) is 10.7 Å². The fourth-order valence-electron chi connectivity index (χ4n) is 8.11. The highest BCUT2D eigenvalue weighted by Gasteiger charge is 2.43. The highest BCUT2D eigenvalue weighted by molar-refractivity contribution is 5.87. The van der Waals surface area contributed by atoms with Gasteiger partial charge in [0.05, 0.1) is 18.0 Å². The van der Waals surface area contributed by atoms with E-state index < -0.39 is 11.8 Å². The Labute approximate surface area is 284 Å². The van der Waals surface area contributed by atoms with Crippen molar-refractivity contribution in [3.8, 4) is 0 Å². The minimum atomic E-state index is -2.91. The van der Waals surface area contributed by atoms with E-state index in [1.807, 2.05) is 37.5 Å². The van der Waals surface area contributed by atoms with Crippen molar-refractivity contribution in [2.75, 3.05) is 44.7 Å². The Hall–Kier alpha value is -2.95. The van der Waals surface area contributed by atoms with E-state index in [2.05, 4.69) is 35.9 Å². The molecule has 2 aromatic heterocycles. The lowest BCUT2D eigenvalue weighted by Crippen LogP contribution is -2.43. The first-order chi connectivity index (χ1) is 22.9. The molecule has 6 heterocycles. The molecule has 2 unspecified atom stereocenters. The van der Waals surface area contributed by atoms with Gasteiger partial charge in [0.15, 0.2) is 0 Å². The largest absolute Gasteiger partial charge is 0.379 e. The molecule has 48 heavy (non-hydrogen) atoms. The molecule has 8 bridgehead atoms. The number of halogens is 2. The van der Waals surface area contributed by atoms with Crippen molar-refractivity contribution in [3.05, 3.63) is 63.2 Å². The molecule has 1 N–H and O–H groups in total. The molecule has 262 valence electrons. The number of hydrogen-bond donors (Lipinski definition) is 1. The second-order valence-electron chi connectivity index (χ2n) is 14.9. The molecule has 4 aliphatic rings. The number of benzene rings is 1. The average molecular weight is 665 g/mol. The van der Waals surface area contributed by atoms with Crippen LogP contribution in [0.4, 0.5) is 14.6 Å². The van der Waals surface area contributed by atoms with Crippen LogP contribution in [0.2, 0.25) is 0 Å². The summed E-state index contributed by atoms with van der Waals surface area (Å²) in [6, 6.07) is 9.10. The first kappa shape index (κ1) is 34.9. The van der Waals surface area contributed by atoms with Crippen LogP contribution < -0.4 is 10.9 Å². The quantitative estimate of drug-likeness (QED) is 0.306. The summed E-state index contributed by atoms with van der Waals surface area (Å²) in [6.45, 7) is 16.7. The molecule has 1 aromatic carbocycles. The number of aryl methyl sites for hydroxylation is 1. The van der Waals surface area contributed by atoms with Gasteiger partial charge in [0, 0.05) is 41.8 Å². The van der Waals surface area contributed by atoms with Gasteiger partial charge >= 0.3 is 0 Å². The predicted octanol–water partition coefficient (Wildman–Crippen LogP) is 7.42. The topological polar surface area (TPSA) is 75.5 Å². The summed E-state index contributed by atoms with van der Waals surface area (Å²) in [7, 11) is 0. The molecule has 0 amide bonds. The van der Waals surface area contributed by atoms with E-state index in [4.69, 9.17) is 14.7 Å². The number of nitrogens with one attached hydrogen (secondary N) is 1. The van der Waals surface area contributed by atoms with Crippen molar-refractivity contribution < 1.29 is 13.5 Å². The molecule has 0 aliphatic carbocycles. The lowest BCUT2D eigenvalue weighted by molar-refractivity contribution is -0.0884. The number of ether oxygens (including phenoxy) is 1. The number of pyridine rings is 1. The van der Waals surface area contributed by atoms with Crippen LogP contribution in [0.5, 0.6) is 0 Å². The van der Waals surface area contributed by atoms with Gasteiger partial charge in [0.1, 0.15) is 17.3 Å². The number of piperidine rings is 2. The van der Waals surface area contributed by atoms with E-state index in [0.29, 0.717) is 68.5 Å². The highest BCUT2D eigenvalue weighted by atomic mass is 19.3. The van der Waals surface area contributed by atoms with Crippen molar-refractivity contribution in [2.24, 2.45) is 5.92 Å². The second-order valence-corrected chi connectivity index (χ2v) is 14.9. The fraction of sp³-hybridized carbons (Fsp3) is 0.658. The first-order valence-corrected chi connectivity index (χ1v) is 18.2. The summed E-state index contributed by atoms with van der Waals surface area (Å²) in [5, 5.41) is 4.32. The van der Waals surface area contributed by atoms with Gasteiger partial charge in [0.2, 0.25) is 0 Å². The molecular weight excluding hydrogens is 610 g/mol. The van der Waals surface area contributed by atoms with Crippen LogP contribution in [-0.4, -0.2) is 75.8 Å². The molecule has 0 radical (unpaired) electrons. The molecule has 3 aromatic rings. The third-order valence-corrected chi connectivity index (χ3v) is 11.2. The van der Waals surface area contributed by atoms with Crippen molar-refractivity contribution in [1.82, 2.24) is 24.3 Å². The number of hydrogen-bond acceptors (Lipinski definition) is 7. The third kappa shape index (κ3) is 7.17. The number of alkyl halides is 2. The van der Waals surface area contributed by atoms with Crippen LogP contribution in [0.15, 0.2) is 35.1 Å². The summed E-state index contributed by atoms with van der Waals surface area (Å²) in [4.78, 5) is 28.9. The standard InChI is InChI=1S/C38H54F2N6O2/c1-24(2)44-16-12-29(13-17-44)33-22-34-35-41-27(5)30-10-7-11-32(21-30)38(39,40)31-14-18-45(19-15-31)25(3)9-8-20-48-23-26(4)46(37(33)47)36(34)43-28(6)42-35/h7,10-11,21-22,24-27,29,31H,8-9,12-20,23H2,1-6H3,(H,41,42,43)/t25?,26?,27-/m1/s1. The summed E-state index contributed by atoms with van der Waals surface area (Å²) in [6.07, 6.45) is 4.58. The van der Waals surface area contributed by atoms with Gasteiger partial charge in [-0.3, -0.25) is 9.36 Å². The van der Waals surface area contributed by atoms with Gasteiger partial charge < -0.3 is 19.9 Å². The van der Waals surface area contributed by atoms with E-state index in [1.165, 1.54) is 0 Å². The maximum absolute atomic E-state index is 16.1. The first-order valence-electron chi connectivity index (χ1n) is 18.2. The summed E-state index contributed by atoms with van der Waals surface area (Å²) in [5.74, 6) is -2.33. The zero-order valence-electron chi connectivity index (χ0n) is 29.6. The van der Waals surface area contributed by atoms with E-state index >= 15 is 8.78 Å². The maximum atomic E-state index is 16.1. The van der Waals surface area contributed by atoms with Gasteiger partial charge in [-0.05, 0) is 130 Å². The zero-order valence-corrected chi connectivity index (χ0v) is 29.6. The molecule has 2 saturated heterocycles. The smallest absolute Gasteiger partial charge is 0.276 e. The van der Waals surface area contributed by atoms with Crippen LogP contribution in [0.25, 0.3) is 11.0 Å². The number of nitrogens with zero attached hydrogens (tertiary/aromatic N) is 5. The van der Waals surface area contributed by atoms with Crippen molar-refractivity contribution in [1.29, 1.82) is 0 Å². The third-order valence-electron chi connectivity index (χ3n) is 11.2. The van der Waals surface area contributed by atoms with Crippen LogP contribution in [0.1, 0.15) is 114 Å². The van der Waals surface area contributed by atoms with E-state index in [-0.39, 0.29) is 29.1 Å². The zero-order chi connectivity index (χ0) is 34.2. The molecule has 0 saturated carbocycles. The normalized spacial score (nSPS) is 28.0. The molecule has 4 aliphatic heterocycles. The molecule has 8 nitrogen and oxygen atoms in total. The SMILES string of the molecule is Cc1nc2c3cc(C4CCN(C(C)C)CC4)c(=O)n(c3n1)C(C)COCCCC(C)N1CCC(CC1)C(F)(F)c1cccc(c1)[C@@H](C)N2. The summed E-state index contributed by atoms with van der Waals surface area (Å²) in [5.41, 5.74) is 2.20. The van der Waals surface area contributed by atoms with Crippen LogP contribution in [0.3, 0.4) is 0 Å². The fourth-order valence-corrected chi connectivity index (χ4v) is 8.11. The molecule has 10 heteroatoms. The molecule has 0 spiro atoms. The van der Waals surface area contributed by atoms with Crippen molar-refractivity contribution >= 4 is 16.9 Å². The number of rotatable bonds is 2. The Morgan fingerprint density at radius 1 is 0.958 bits per heavy atom. The van der Waals surface area contributed by atoms with Gasteiger partial charge in [-0.2, -0.15) is 0 Å². The van der Waals surface area contributed by atoms with E-state index in [9.17, 15) is 4.79 Å². The second kappa shape index (κ2) is 14.5. The molecular formula is C38H54F2N6O2. The number of aromatic nitrogens is 3. The number of fused-ring (bicyclic) bond motifs is 9. The number of likely N-dealkylation sites (tertiary alicyclic amines) is 1. The highest BCUT2D eigenvalue weighted by Crippen LogP contribution is 2.43.